The Bertz CT molecular complexity index is 388. The van der Waals surface area contributed by atoms with Crippen LogP contribution in [0.4, 0.5) is 5.69 Å². The molecule has 0 fully saturated rings. The van der Waals surface area contributed by atoms with Crippen molar-refractivity contribution in [1.82, 2.24) is 0 Å². The lowest BCUT2D eigenvalue weighted by molar-refractivity contribution is 0.0145. The maximum atomic E-state index is 10.7. The van der Waals surface area contributed by atoms with Crippen molar-refractivity contribution in [2.75, 3.05) is 5.73 Å². The average Bonchev–Trinajstić information content (AvgIpc) is 2.55. The van der Waals surface area contributed by atoms with E-state index in [1.807, 2.05) is 18.2 Å². The number of fused-ring (bicyclic) bond motifs is 1. The monoisotopic (exact) mass is 219 g/mol. The Morgan fingerprint density at radius 2 is 2.25 bits per heavy atom. The molecule has 0 heterocycles. The molecule has 88 valence electrons. The lowest BCUT2D eigenvalue weighted by atomic mass is 9.85. The van der Waals surface area contributed by atoms with Crippen LogP contribution < -0.4 is 5.73 Å². The summed E-state index contributed by atoms with van der Waals surface area (Å²) >= 11 is 0. The molecule has 2 atom stereocenters. The fraction of sp³-hybridized carbons (Fsp3) is 0.571. The number of nitrogen functional groups attached to an aromatic ring is 1. The second-order valence-electron chi connectivity index (χ2n) is 5.17. The SMILES string of the molecule is CCC(C)CC1(O)CCc2cc(N)ccc21. The summed E-state index contributed by atoms with van der Waals surface area (Å²) < 4.78 is 0. The molecule has 2 heteroatoms. The van der Waals surface area contributed by atoms with E-state index in [0.717, 1.165) is 36.9 Å². The zero-order valence-electron chi connectivity index (χ0n) is 10.2. The molecule has 0 amide bonds. The summed E-state index contributed by atoms with van der Waals surface area (Å²) in [5, 5.41) is 10.7. The van der Waals surface area contributed by atoms with Gasteiger partial charge in [-0.05, 0) is 48.4 Å². The first-order valence-corrected chi connectivity index (χ1v) is 6.16. The maximum Gasteiger partial charge on any atom is 0.0905 e. The highest BCUT2D eigenvalue weighted by Crippen LogP contribution is 2.42. The number of anilines is 1. The van der Waals surface area contributed by atoms with Crippen molar-refractivity contribution in [3.63, 3.8) is 0 Å². The Morgan fingerprint density at radius 3 is 2.94 bits per heavy atom. The number of aryl methyl sites for hydroxylation is 1. The summed E-state index contributed by atoms with van der Waals surface area (Å²) in [5.74, 6) is 0.563. The third-order valence-corrected chi connectivity index (χ3v) is 3.82. The highest BCUT2D eigenvalue weighted by atomic mass is 16.3. The van der Waals surface area contributed by atoms with E-state index < -0.39 is 5.60 Å². The van der Waals surface area contributed by atoms with Gasteiger partial charge in [0.25, 0.3) is 0 Å². The van der Waals surface area contributed by atoms with Crippen LogP contribution in [0.5, 0.6) is 0 Å². The Morgan fingerprint density at radius 1 is 1.50 bits per heavy atom. The van der Waals surface area contributed by atoms with Gasteiger partial charge in [0.1, 0.15) is 0 Å². The van der Waals surface area contributed by atoms with Gasteiger partial charge in [0, 0.05) is 5.69 Å². The van der Waals surface area contributed by atoms with Gasteiger partial charge in [-0.1, -0.05) is 26.3 Å². The van der Waals surface area contributed by atoms with Crippen LogP contribution in [0, 0.1) is 5.92 Å². The molecule has 0 bridgehead atoms. The van der Waals surface area contributed by atoms with Gasteiger partial charge in [-0.15, -0.1) is 0 Å². The minimum atomic E-state index is -0.613. The van der Waals surface area contributed by atoms with Crippen LogP contribution in [0.25, 0.3) is 0 Å². The highest BCUT2D eigenvalue weighted by molar-refractivity contribution is 5.48. The van der Waals surface area contributed by atoms with E-state index >= 15 is 0 Å². The van der Waals surface area contributed by atoms with E-state index in [-0.39, 0.29) is 0 Å². The Labute approximate surface area is 97.5 Å². The molecule has 2 rings (SSSR count). The second-order valence-corrected chi connectivity index (χ2v) is 5.17. The van der Waals surface area contributed by atoms with Crippen molar-refractivity contribution in [2.24, 2.45) is 5.92 Å². The van der Waals surface area contributed by atoms with E-state index in [1.54, 1.807) is 0 Å². The smallest absolute Gasteiger partial charge is 0.0905 e. The van der Waals surface area contributed by atoms with Crippen molar-refractivity contribution < 1.29 is 5.11 Å². The van der Waals surface area contributed by atoms with E-state index in [9.17, 15) is 5.11 Å². The first kappa shape index (κ1) is 11.5. The largest absolute Gasteiger partial charge is 0.399 e. The van der Waals surface area contributed by atoms with Crippen LogP contribution >= 0.6 is 0 Å². The van der Waals surface area contributed by atoms with Gasteiger partial charge < -0.3 is 10.8 Å². The lowest BCUT2D eigenvalue weighted by Crippen LogP contribution is -2.25. The standard InChI is InChI=1S/C14H21NO/c1-3-10(2)9-14(16)7-6-11-8-12(15)4-5-13(11)14/h4-5,8,10,16H,3,6-7,9,15H2,1-2H3. The molecular formula is C14H21NO. The topological polar surface area (TPSA) is 46.2 Å². The van der Waals surface area contributed by atoms with E-state index in [2.05, 4.69) is 13.8 Å². The van der Waals surface area contributed by atoms with E-state index in [1.165, 1.54) is 5.56 Å². The average molecular weight is 219 g/mol. The molecule has 1 aromatic rings. The third-order valence-electron chi connectivity index (χ3n) is 3.82. The van der Waals surface area contributed by atoms with Gasteiger partial charge in [0.2, 0.25) is 0 Å². The number of nitrogens with two attached hydrogens (primary N) is 1. The molecule has 1 aliphatic carbocycles. The maximum absolute atomic E-state index is 10.7. The first-order valence-electron chi connectivity index (χ1n) is 6.16. The van der Waals surface area contributed by atoms with Gasteiger partial charge in [0.05, 0.1) is 5.60 Å². The van der Waals surface area contributed by atoms with Gasteiger partial charge in [-0.2, -0.15) is 0 Å². The molecule has 16 heavy (non-hydrogen) atoms. The summed E-state index contributed by atoms with van der Waals surface area (Å²) in [5.41, 5.74) is 8.28. The quantitative estimate of drug-likeness (QED) is 0.768. The van der Waals surface area contributed by atoms with E-state index in [4.69, 9.17) is 5.73 Å². The predicted octanol–water partition coefficient (Wildman–Crippen LogP) is 2.84. The second kappa shape index (κ2) is 4.10. The van der Waals surface area contributed by atoms with Crippen molar-refractivity contribution in [1.29, 1.82) is 0 Å². The van der Waals surface area contributed by atoms with Crippen molar-refractivity contribution in [2.45, 2.75) is 45.1 Å². The fourth-order valence-electron chi connectivity index (χ4n) is 2.68. The Kier molecular flexibility index (Phi) is 2.94. The Balaban J connectivity index is 2.28. The number of benzene rings is 1. The molecule has 2 unspecified atom stereocenters. The number of rotatable bonds is 3. The molecule has 0 radical (unpaired) electrons. The van der Waals surface area contributed by atoms with Crippen LogP contribution in [0.15, 0.2) is 18.2 Å². The predicted molar refractivity (Wildman–Crippen MR) is 67.1 cm³/mol. The molecule has 0 saturated heterocycles. The molecule has 0 saturated carbocycles. The third kappa shape index (κ3) is 1.94. The molecule has 0 spiro atoms. The van der Waals surface area contributed by atoms with Crippen molar-refractivity contribution in [3.8, 4) is 0 Å². The zero-order chi connectivity index (χ0) is 11.8. The first-order chi connectivity index (χ1) is 7.55. The van der Waals surface area contributed by atoms with Crippen molar-refractivity contribution in [3.05, 3.63) is 29.3 Å². The molecule has 3 N–H and O–H groups in total. The highest BCUT2D eigenvalue weighted by Gasteiger charge is 2.37. The minimum absolute atomic E-state index is 0.563. The minimum Gasteiger partial charge on any atom is -0.399 e. The van der Waals surface area contributed by atoms with Crippen molar-refractivity contribution >= 4 is 5.69 Å². The summed E-state index contributed by atoms with van der Waals surface area (Å²) in [6, 6.07) is 5.90. The molecule has 0 aromatic heterocycles. The zero-order valence-corrected chi connectivity index (χ0v) is 10.2. The molecule has 1 aliphatic rings. The Hall–Kier alpha value is -1.02. The summed E-state index contributed by atoms with van der Waals surface area (Å²) in [7, 11) is 0. The summed E-state index contributed by atoms with van der Waals surface area (Å²) in [4.78, 5) is 0. The molecule has 1 aromatic carbocycles. The molecule has 0 aliphatic heterocycles. The van der Waals surface area contributed by atoms with Gasteiger partial charge in [-0.25, -0.2) is 0 Å². The van der Waals surface area contributed by atoms with Crippen LogP contribution in [0.2, 0.25) is 0 Å². The molecule has 2 nitrogen and oxygen atoms in total. The van der Waals surface area contributed by atoms with Gasteiger partial charge >= 0.3 is 0 Å². The van der Waals surface area contributed by atoms with Gasteiger partial charge in [0.15, 0.2) is 0 Å². The fourth-order valence-corrected chi connectivity index (χ4v) is 2.68. The summed E-state index contributed by atoms with van der Waals surface area (Å²) in [6.45, 7) is 4.38. The normalized spacial score (nSPS) is 25.4. The van der Waals surface area contributed by atoms with Gasteiger partial charge in [-0.3, -0.25) is 0 Å². The number of aliphatic hydroxyl groups is 1. The van der Waals surface area contributed by atoms with E-state index in [0.29, 0.717) is 5.92 Å². The van der Waals surface area contributed by atoms with Crippen LogP contribution in [0.3, 0.4) is 0 Å². The molecular weight excluding hydrogens is 198 g/mol. The summed E-state index contributed by atoms with van der Waals surface area (Å²) in [6.07, 6.45) is 3.77. The lowest BCUT2D eigenvalue weighted by Gasteiger charge is -2.27. The number of hydrogen-bond acceptors (Lipinski definition) is 2. The van der Waals surface area contributed by atoms with Crippen LogP contribution in [-0.4, -0.2) is 5.11 Å². The number of hydrogen-bond donors (Lipinski definition) is 2. The van der Waals surface area contributed by atoms with Crippen LogP contribution in [-0.2, 0) is 12.0 Å². The van der Waals surface area contributed by atoms with Crippen LogP contribution in [0.1, 0.15) is 44.2 Å².